The summed E-state index contributed by atoms with van der Waals surface area (Å²) in [4.78, 5) is 14.5. The molecule has 0 saturated heterocycles. The molecule has 0 spiro atoms. The highest BCUT2D eigenvalue weighted by atomic mass is 79.9. The highest BCUT2D eigenvalue weighted by molar-refractivity contribution is 9.10. The molecule has 1 unspecified atom stereocenters. The molecular formula is C17H19BrFN3O. The Hall–Kier alpha value is -1.82. The second-order valence-corrected chi connectivity index (χ2v) is 6.59. The lowest BCUT2D eigenvalue weighted by molar-refractivity contribution is 0.163. The van der Waals surface area contributed by atoms with Crippen LogP contribution in [0.2, 0.25) is 0 Å². The first kappa shape index (κ1) is 16.1. The van der Waals surface area contributed by atoms with Gasteiger partial charge in [0.15, 0.2) is 0 Å². The average molecular weight is 380 g/mol. The molecule has 2 amide bonds. The number of urea groups is 1. The van der Waals surface area contributed by atoms with Crippen LogP contribution < -0.4 is 5.32 Å². The molecule has 0 aliphatic carbocycles. The number of hydrogen-bond acceptors (Lipinski definition) is 1. The molecule has 2 aromatic rings. The normalized spacial score (nSPS) is 17.0. The van der Waals surface area contributed by atoms with Gasteiger partial charge in [-0.3, -0.25) is 0 Å². The van der Waals surface area contributed by atoms with Crippen molar-refractivity contribution in [3.05, 3.63) is 52.5 Å². The number of anilines is 1. The highest BCUT2D eigenvalue weighted by Gasteiger charge is 2.30. The zero-order valence-corrected chi connectivity index (χ0v) is 14.5. The van der Waals surface area contributed by atoms with Gasteiger partial charge in [0.05, 0.1) is 11.7 Å². The van der Waals surface area contributed by atoms with Crippen LogP contribution in [0.15, 0.2) is 41.0 Å². The number of amides is 2. The summed E-state index contributed by atoms with van der Waals surface area (Å²) < 4.78 is 16.8. The van der Waals surface area contributed by atoms with Gasteiger partial charge in [0.2, 0.25) is 0 Å². The van der Waals surface area contributed by atoms with Gasteiger partial charge in [-0.2, -0.15) is 0 Å². The van der Waals surface area contributed by atoms with Gasteiger partial charge in [-0.15, -0.1) is 0 Å². The fourth-order valence-corrected chi connectivity index (χ4v) is 3.40. The number of hydrogen-bond donors (Lipinski definition) is 1. The summed E-state index contributed by atoms with van der Waals surface area (Å²) in [5.74, 6) is -0.444. The molecule has 3 rings (SSSR count). The molecular weight excluding hydrogens is 361 g/mol. The molecule has 6 heteroatoms. The summed E-state index contributed by atoms with van der Waals surface area (Å²) in [5, 5.41) is 2.70. The third-order valence-electron chi connectivity index (χ3n) is 4.16. The Bertz CT molecular complexity index is 716. The van der Waals surface area contributed by atoms with Crippen LogP contribution in [0.3, 0.4) is 0 Å². The van der Waals surface area contributed by atoms with E-state index in [4.69, 9.17) is 0 Å². The van der Waals surface area contributed by atoms with E-state index < -0.39 is 5.82 Å². The number of benzene rings is 1. The minimum Gasteiger partial charge on any atom is -0.348 e. The van der Waals surface area contributed by atoms with Crippen molar-refractivity contribution in [3.63, 3.8) is 0 Å². The molecule has 1 aromatic heterocycles. The van der Waals surface area contributed by atoms with Crippen molar-refractivity contribution in [2.45, 2.75) is 32.4 Å². The summed E-state index contributed by atoms with van der Waals surface area (Å²) in [5.41, 5.74) is 1.35. The van der Waals surface area contributed by atoms with E-state index in [1.165, 1.54) is 6.07 Å². The predicted octanol–water partition coefficient (Wildman–Crippen LogP) is 4.78. The zero-order valence-electron chi connectivity index (χ0n) is 12.9. The number of halogens is 2. The topological polar surface area (TPSA) is 37.3 Å². The average Bonchev–Trinajstić information content (AvgIpc) is 2.99. The van der Waals surface area contributed by atoms with Crippen molar-refractivity contribution in [3.8, 4) is 0 Å². The van der Waals surface area contributed by atoms with Gasteiger partial charge in [-0.1, -0.05) is 29.3 Å². The Balaban J connectivity index is 1.81. The summed E-state index contributed by atoms with van der Waals surface area (Å²) >= 11 is 3.22. The molecule has 23 heavy (non-hydrogen) atoms. The fraction of sp³-hybridized carbons (Fsp3) is 0.353. The lowest BCUT2D eigenvalue weighted by Gasteiger charge is -2.37. The minimum atomic E-state index is -0.444. The lowest BCUT2D eigenvalue weighted by atomic mass is 10.0. The number of fused-ring (bicyclic) bond motifs is 1. The minimum absolute atomic E-state index is 0.0299. The molecule has 4 nitrogen and oxygen atoms in total. The van der Waals surface area contributed by atoms with Crippen LogP contribution in [0.25, 0.3) is 0 Å². The summed E-state index contributed by atoms with van der Waals surface area (Å²) in [7, 11) is 0. The Morgan fingerprint density at radius 3 is 2.96 bits per heavy atom. The molecule has 2 heterocycles. The molecule has 0 radical (unpaired) electrons. The maximum Gasteiger partial charge on any atom is 0.322 e. The number of aromatic nitrogens is 1. The number of carbonyl (C=O) groups is 1. The smallest absolute Gasteiger partial charge is 0.322 e. The van der Waals surface area contributed by atoms with E-state index in [0.717, 1.165) is 25.1 Å². The first-order valence-corrected chi connectivity index (χ1v) is 8.57. The Morgan fingerprint density at radius 2 is 2.22 bits per heavy atom. The first-order valence-electron chi connectivity index (χ1n) is 7.78. The van der Waals surface area contributed by atoms with Crippen LogP contribution in [0.4, 0.5) is 14.9 Å². The predicted molar refractivity (Wildman–Crippen MR) is 91.9 cm³/mol. The van der Waals surface area contributed by atoms with Crippen LogP contribution in [-0.2, 0) is 6.54 Å². The number of nitrogens with one attached hydrogen (secondary N) is 1. The van der Waals surface area contributed by atoms with E-state index in [1.807, 2.05) is 12.3 Å². The van der Waals surface area contributed by atoms with Gasteiger partial charge >= 0.3 is 6.03 Å². The van der Waals surface area contributed by atoms with Gasteiger partial charge in [0.1, 0.15) is 5.82 Å². The Labute approximate surface area is 143 Å². The van der Waals surface area contributed by atoms with Gasteiger partial charge in [-0.05, 0) is 36.8 Å². The molecule has 1 aromatic carbocycles. The van der Waals surface area contributed by atoms with Crippen molar-refractivity contribution >= 4 is 27.6 Å². The van der Waals surface area contributed by atoms with Gasteiger partial charge in [0.25, 0.3) is 0 Å². The maximum atomic E-state index is 13.9. The van der Waals surface area contributed by atoms with Crippen molar-refractivity contribution in [1.29, 1.82) is 0 Å². The molecule has 122 valence electrons. The summed E-state index contributed by atoms with van der Waals surface area (Å²) in [6.07, 6.45) is 3.91. The number of rotatable bonds is 3. The molecule has 0 bridgehead atoms. The van der Waals surface area contributed by atoms with Crippen LogP contribution in [0.1, 0.15) is 31.5 Å². The van der Waals surface area contributed by atoms with E-state index in [9.17, 15) is 9.18 Å². The standard InChI is InChI=1S/C17H19BrFN3O/c1-2-4-16-15-5-3-8-21(15)9-10-22(16)17(23)20-14-7-6-12(18)11-13(14)19/h3,5-8,11,16H,2,4,9-10H2,1H3,(H,20,23). The molecule has 0 fully saturated rings. The van der Waals surface area contributed by atoms with E-state index >= 15 is 0 Å². The molecule has 0 saturated carbocycles. The Kier molecular flexibility index (Phi) is 4.71. The van der Waals surface area contributed by atoms with Gasteiger partial charge in [-0.25, -0.2) is 9.18 Å². The van der Waals surface area contributed by atoms with E-state index in [0.29, 0.717) is 11.0 Å². The Morgan fingerprint density at radius 1 is 1.39 bits per heavy atom. The van der Waals surface area contributed by atoms with E-state index in [-0.39, 0.29) is 17.8 Å². The monoisotopic (exact) mass is 379 g/mol. The third-order valence-corrected chi connectivity index (χ3v) is 4.65. The summed E-state index contributed by atoms with van der Waals surface area (Å²) in [6, 6.07) is 8.47. The third kappa shape index (κ3) is 3.27. The van der Waals surface area contributed by atoms with Crippen molar-refractivity contribution in [2.24, 2.45) is 0 Å². The second-order valence-electron chi connectivity index (χ2n) is 5.68. The quantitative estimate of drug-likeness (QED) is 0.818. The first-order chi connectivity index (χ1) is 11.1. The zero-order chi connectivity index (χ0) is 16.4. The van der Waals surface area contributed by atoms with Crippen LogP contribution in [-0.4, -0.2) is 22.0 Å². The van der Waals surface area contributed by atoms with Crippen molar-refractivity contribution in [1.82, 2.24) is 9.47 Å². The number of carbonyl (C=O) groups excluding carboxylic acids is 1. The van der Waals surface area contributed by atoms with Gasteiger partial charge in [0, 0.05) is 29.5 Å². The maximum absolute atomic E-state index is 13.9. The van der Waals surface area contributed by atoms with E-state index in [2.05, 4.69) is 38.8 Å². The molecule has 1 N–H and O–H groups in total. The molecule has 1 atom stereocenters. The highest BCUT2D eigenvalue weighted by Crippen LogP contribution is 2.31. The SMILES string of the molecule is CCCC1c2cccn2CCN1C(=O)Nc1ccc(Br)cc1F. The largest absolute Gasteiger partial charge is 0.348 e. The van der Waals surface area contributed by atoms with Crippen LogP contribution in [0, 0.1) is 5.82 Å². The summed E-state index contributed by atoms with van der Waals surface area (Å²) in [6.45, 7) is 3.49. The van der Waals surface area contributed by atoms with Crippen LogP contribution in [0.5, 0.6) is 0 Å². The van der Waals surface area contributed by atoms with E-state index in [1.54, 1.807) is 17.0 Å². The fourth-order valence-electron chi connectivity index (χ4n) is 3.06. The second kappa shape index (κ2) is 6.74. The van der Waals surface area contributed by atoms with Crippen molar-refractivity contribution < 1.29 is 9.18 Å². The number of nitrogens with zero attached hydrogens (tertiary/aromatic N) is 2. The molecule has 1 aliphatic rings. The van der Waals surface area contributed by atoms with Crippen molar-refractivity contribution in [2.75, 3.05) is 11.9 Å². The molecule has 1 aliphatic heterocycles. The lowest BCUT2D eigenvalue weighted by Crippen LogP contribution is -2.44. The van der Waals surface area contributed by atoms with Gasteiger partial charge < -0.3 is 14.8 Å². The van der Waals surface area contributed by atoms with Crippen LogP contribution >= 0.6 is 15.9 Å².